The van der Waals surface area contributed by atoms with Gasteiger partial charge in [0, 0.05) is 6.04 Å². The lowest BCUT2D eigenvalue weighted by molar-refractivity contribution is 0.583. The van der Waals surface area contributed by atoms with Crippen molar-refractivity contribution in [2.75, 3.05) is 0 Å². The second kappa shape index (κ2) is 6.09. The van der Waals surface area contributed by atoms with Crippen LogP contribution in [0, 0.1) is 0 Å². The fourth-order valence-corrected chi connectivity index (χ4v) is 2.26. The van der Waals surface area contributed by atoms with Crippen LogP contribution in [-0.2, 0) is 6.42 Å². The number of aromatic nitrogens is 2. The highest BCUT2D eigenvalue weighted by Crippen LogP contribution is 2.23. The molecule has 1 atom stereocenters. The van der Waals surface area contributed by atoms with E-state index in [1.807, 2.05) is 0 Å². The van der Waals surface area contributed by atoms with Gasteiger partial charge in [0.1, 0.15) is 0 Å². The molecule has 2 N–H and O–H groups in total. The van der Waals surface area contributed by atoms with Gasteiger partial charge in [0.05, 0.1) is 10.6 Å². The van der Waals surface area contributed by atoms with Gasteiger partial charge in [0.15, 0.2) is 0 Å². The first-order valence-electron chi connectivity index (χ1n) is 5.36. The smallest absolute Gasteiger partial charge is 0.0800 e. The molecule has 3 nitrogen and oxygen atoms in total. The molecule has 80 valence electrons. The second-order valence-corrected chi connectivity index (χ2v) is 4.33. The molecule has 0 saturated heterocycles. The molecule has 1 aromatic rings. The average Bonchev–Trinajstić information content (AvgIpc) is 2.65. The lowest BCUT2D eigenvalue weighted by Gasteiger charge is -2.09. The van der Waals surface area contributed by atoms with E-state index in [0.717, 1.165) is 18.5 Å². The van der Waals surface area contributed by atoms with Gasteiger partial charge >= 0.3 is 0 Å². The average molecular weight is 213 g/mol. The van der Waals surface area contributed by atoms with Crippen LogP contribution in [0.15, 0.2) is 0 Å². The Morgan fingerprint density at radius 1 is 1.36 bits per heavy atom. The van der Waals surface area contributed by atoms with Crippen LogP contribution < -0.4 is 5.73 Å². The van der Waals surface area contributed by atoms with Crippen LogP contribution in [-0.4, -0.2) is 9.59 Å². The van der Waals surface area contributed by atoms with Gasteiger partial charge in [0.25, 0.3) is 0 Å². The highest BCUT2D eigenvalue weighted by Gasteiger charge is 2.13. The topological polar surface area (TPSA) is 51.8 Å². The number of nitrogens with two attached hydrogens (primary N) is 1. The highest BCUT2D eigenvalue weighted by atomic mass is 32.1. The summed E-state index contributed by atoms with van der Waals surface area (Å²) < 4.78 is 3.95. The van der Waals surface area contributed by atoms with E-state index in [2.05, 4.69) is 23.4 Å². The van der Waals surface area contributed by atoms with Crippen molar-refractivity contribution in [3.05, 3.63) is 10.6 Å². The van der Waals surface area contributed by atoms with Gasteiger partial charge in [-0.15, -0.1) is 5.10 Å². The van der Waals surface area contributed by atoms with Crippen LogP contribution in [0.2, 0.25) is 0 Å². The predicted octanol–water partition coefficient (Wildman–Crippen LogP) is 2.68. The maximum atomic E-state index is 6.09. The van der Waals surface area contributed by atoms with Gasteiger partial charge in [-0.05, 0) is 24.4 Å². The van der Waals surface area contributed by atoms with Gasteiger partial charge in [-0.2, -0.15) is 0 Å². The van der Waals surface area contributed by atoms with Gasteiger partial charge in [-0.1, -0.05) is 37.6 Å². The maximum Gasteiger partial charge on any atom is 0.0800 e. The van der Waals surface area contributed by atoms with Crippen molar-refractivity contribution in [2.45, 2.75) is 52.0 Å². The van der Waals surface area contributed by atoms with Crippen molar-refractivity contribution in [1.29, 1.82) is 0 Å². The lowest BCUT2D eigenvalue weighted by Crippen LogP contribution is -2.10. The monoisotopic (exact) mass is 213 g/mol. The molecule has 0 aromatic carbocycles. The third-order valence-electron chi connectivity index (χ3n) is 2.38. The first kappa shape index (κ1) is 11.6. The fraction of sp³-hybridized carbons (Fsp3) is 0.800. The SMILES string of the molecule is CCCCCC(N)c1snnc1CC. The van der Waals surface area contributed by atoms with Crippen molar-refractivity contribution < 1.29 is 0 Å². The summed E-state index contributed by atoms with van der Waals surface area (Å²) in [6, 6.07) is 0.150. The standard InChI is InChI=1S/C10H19N3S/c1-3-5-6-7-8(11)10-9(4-2)12-13-14-10/h8H,3-7,11H2,1-2H3. The Kier molecular flexibility index (Phi) is 5.04. The van der Waals surface area contributed by atoms with Crippen LogP contribution in [0.25, 0.3) is 0 Å². The number of rotatable bonds is 6. The number of aryl methyl sites for hydroxylation is 1. The molecular weight excluding hydrogens is 194 g/mol. The Labute approximate surface area is 89.9 Å². The molecule has 0 aliphatic carbocycles. The summed E-state index contributed by atoms with van der Waals surface area (Å²) >= 11 is 1.45. The summed E-state index contributed by atoms with van der Waals surface area (Å²) in [4.78, 5) is 1.18. The van der Waals surface area contributed by atoms with E-state index in [9.17, 15) is 0 Å². The molecule has 0 aliphatic rings. The van der Waals surface area contributed by atoms with E-state index in [1.165, 1.54) is 35.7 Å². The van der Waals surface area contributed by atoms with Crippen LogP contribution in [0.5, 0.6) is 0 Å². The van der Waals surface area contributed by atoms with Crippen molar-refractivity contribution in [3.63, 3.8) is 0 Å². The molecular formula is C10H19N3S. The van der Waals surface area contributed by atoms with Crippen LogP contribution in [0.1, 0.15) is 56.1 Å². The van der Waals surface area contributed by atoms with Gasteiger partial charge < -0.3 is 5.73 Å². The molecule has 14 heavy (non-hydrogen) atoms. The summed E-state index contributed by atoms with van der Waals surface area (Å²) in [5, 5.41) is 4.07. The molecule has 0 spiro atoms. The minimum absolute atomic E-state index is 0.150. The maximum absolute atomic E-state index is 6.09. The first-order chi connectivity index (χ1) is 6.79. The van der Waals surface area contributed by atoms with E-state index in [-0.39, 0.29) is 6.04 Å². The Morgan fingerprint density at radius 2 is 2.14 bits per heavy atom. The van der Waals surface area contributed by atoms with Gasteiger partial charge in [0.2, 0.25) is 0 Å². The van der Waals surface area contributed by atoms with Crippen LogP contribution >= 0.6 is 11.5 Å². The third kappa shape index (κ3) is 3.03. The zero-order chi connectivity index (χ0) is 10.4. The number of hydrogen-bond acceptors (Lipinski definition) is 4. The Balaban J connectivity index is 2.47. The van der Waals surface area contributed by atoms with Crippen molar-refractivity contribution in [2.24, 2.45) is 5.73 Å². The summed E-state index contributed by atoms with van der Waals surface area (Å²) in [7, 11) is 0. The first-order valence-corrected chi connectivity index (χ1v) is 6.13. The van der Waals surface area contributed by atoms with E-state index in [4.69, 9.17) is 5.73 Å². The zero-order valence-corrected chi connectivity index (χ0v) is 9.81. The Bertz CT molecular complexity index is 260. The summed E-state index contributed by atoms with van der Waals surface area (Å²) in [6.45, 7) is 4.30. The minimum Gasteiger partial charge on any atom is -0.323 e. The summed E-state index contributed by atoms with van der Waals surface area (Å²) in [5.41, 5.74) is 7.17. The molecule has 1 heterocycles. The third-order valence-corrected chi connectivity index (χ3v) is 3.27. The van der Waals surface area contributed by atoms with Gasteiger partial charge in [-0.3, -0.25) is 0 Å². The van der Waals surface area contributed by atoms with Crippen LogP contribution in [0.3, 0.4) is 0 Å². The molecule has 4 heteroatoms. The Hall–Kier alpha value is -0.480. The largest absolute Gasteiger partial charge is 0.323 e. The summed E-state index contributed by atoms with van der Waals surface area (Å²) in [6.07, 6.45) is 5.71. The van der Waals surface area contributed by atoms with Gasteiger partial charge in [-0.25, -0.2) is 0 Å². The van der Waals surface area contributed by atoms with E-state index in [1.54, 1.807) is 0 Å². The van der Waals surface area contributed by atoms with E-state index >= 15 is 0 Å². The summed E-state index contributed by atoms with van der Waals surface area (Å²) in [5.74, 6) is 0. The molecule has 0 aliphatic heterocycles. The molecule has 0 radical (unpaired) electrons. The van der Waals surface area contributed by atoms with Crippen molar-refractivity contribution >= 4 is 11.5 Å². The number of hydrogen-bond donors (Lipinski definition) is 1. The normalized spacial score (nSPS) is 13.1. The van der Waals surface area contributed by atoms with Crippen molar-refractivity contribution in [3.8, 4) is 0 Å². The number of nitrogens with zero attached hydrogens (tertiary/aromatic N) is 2. The quantitative estimate of drug-likeness (QED) is 0.739. The Morgan fingerprint density at radius 3 is 2.79 bits per heavy atom. The van der Waals surface area contributed by atoms with E-state index < -0.39 is 0 Å². The van der Waals surface area contributed by atoms with E-state index in [0.29, 0.717) is 0 Å². The highest BCUT2D eigenvalue weighted by molar-refractivity contribution is 7.05. The molecule has 1 aromatic heterocycles. The fourth-order valence-electron chi connectivity index (χ4n) is 1.49. The van der Waals surface area contributed by atoms with Crippen molar-refractivity contribution in [1.82, 2.24) is 9.59 Å². The molecule has 0 saturated carbocycles. The zero-order valence-electron chi connectivity index (χ0n) is 8.99. The minimum atomic E-state index is 0.150. The number of unbranched alkanes of at least 4 members (excludes halogenated alkanes) is 2. The molecule has 1 unspecified atom stereocenters. The molecule has 1 rings (SSSR count). The molecule has 0 bridgehead atoms. The second-order valence-electron chi connectivity index (χ2n) is 3.54. The van der Waals surface area contributed by atoms with Crippen LogP contribution in [0.4, 0.5) is 0 Å². The lowest BCUT2D eigenvalue weighted by atomic mass is 10.1. The predicted molar refractivity (Wildman–Crippen MR) is 60.4 cm³/mol. The molecule has 0 amide bonds. The molecule has 0 fully saturated rings.